The molecule has 1 aromatic carbocycles. The zero-order chi connectivity index (χ0) is 15.0. The van der Waals surface area contributed by atoms with E-state index in [1.807, 2.05) is 18.2 Å². The molecule has 0 atom stereocenters. The van der Waals surface area contributed by atoms with Crippen LogP contribution in [0.4, 0.5) is 0 Å². The number of ketones is 1. The summed E-state index contributed by atoms with van der Waals surface area (Å²) in [7, 11) is 1.62. The summed E-state index contributed by atoms with van der Waals surface area (Å²) in [5.41, 5.74) is 0.730. The summed E-state index contributed by atoms with van der Waals surface area (Å²) in [6.07, 6.45) is 0. The molecule has 0 aromatic heterocycles. The van der Waals surface area contributed by atoms with Crippen LogP contribution in [-0.4, -0.2) is 48.9 Å². The molecule has 1 rings (SSSR count). The van der Waals surface area contributed by atoms with Gasteiger partial charge in [-0.05, 0) is 47.2 Å². The van der Waals surface area contributed by atoms with Gasteiger partial charge in [-0.3, -0.25) is 4.79 Å². The Morgan fingerprint density at radius 3 is 2.60 bits per heavy atom. The highest BCUT2D eigenvalue weighted by Gasteiger charge is 2.09. The molecule has 0 spiro atoms. The molecule has 0 radical (unpaired) electrons. The number of Topliss-reactive ketones (excluding diaryl/α,β-unsaturated/α-hetero) is 1. The molecular weight excluding hydrogens is 338 g/mol. The predicted molar refractivity (Wildman–Crippen MR) is 90.1 cm³/mol. The van der Waals surface area contributed by atoms with Gasteiger partial charge < -0.3 is 9.64 Å². The van der Waals surface area contributed by atoms with E-state index in [4.69, 9.17) is 4.74 Å². The lowest BCUT2D eigenvalue weighted by molar-refractivity contribution is 0.102. The number of nitrogens with zero attached hydrogens (tertiary/aromatic N) is 1. The second kappa shape index (κ2) is 9.42. The highest BCUT2D eigenvalue weighted by atomic mass is 79.9. The average Bonchev–Trinajstić information content (AvgIpc) is 2.47. The number of halogens is 1. The first-order chi connectivity index (χ1) is 9.62. The van der Waals surface area contributed by atoms with Crippen molar-refractivity contribution < 1.29 is 9.53 Å². The van der Waals surface area contributed by atoms with Crippen LogP contribution in [-0.2, 0) is 0 Å². The van der Waals surface area contributed by atoms with Crippen molar-refractivity contribution in [1.29, 1.82) is 0 Å². The number of carbonyl (C=O) groups is 1. The first kappa shape index (κ1) is 17.5. The first-order valence-electron chi connectivity index (χ1n) is 6.79. The molecule has 0 unspecified atom stereocenters. The number of rotatable bonds is 9. The number of hydrogen-bond donors (Lipinski definition) is 0. The van der Waals surface area contributed by atoms with Crippen LogP contribution in [0.1, 0.15) is 24.2 Å². The van der Waals surface area contributed by atoms with Crippen LogP contribution in [0.5, 0.6) is 5.75 Å². The van der Waals surface area contributed by atoms with Gasteiger partial charge in [-0.25, -0.2) is 0 Å². The lowest BCUT2D eigenvalue weighted by Crippen LogP contribution is -2.25. The fraction of sp³-hybridized carbons (Fsp3) is 0.533. The standard InChI is InChI=1S/C15H22BrNO2S/c1-4-17(5-2)8-9-20-11-14(18)12-6-7-15(19-3)13(16)10-12/h6-7,10H,4-5,8-9,11H2,1-3H3. The molecule has 0 saturated heterocycles. The van der Waals surface area contributed by atoms with E-state index >= 15 is 0 Å². The van der Waals surface area contributed by atoms with Crippen LogP contribution in [0, 0.1) is 0 Å². The summed E-state index contributed by atoms with van der Waals surface area (Å²) in [6, 6.07) is 5.46. The molecule has 5 heteroatoms. The molecule has 1 aromatic rings. The normalized spacial score (nSPS) is 10.8. The maximum atomic E-state index is 12.1. The molecule has 0 aliphatic rings. The van der Waals surface area contributed by atoms with Crippen LogP contribution in [0.2, 0.25) is 0 Å². The Morgan fingerprint density at radius 2 is 2.05 bits per heavy atom. The number of thioether (sulfide) groups is 1. The molecule has 112 valence electrons. The van der Waals surface area contributed by atoms with Gasteiger partial charge in [0.1, 0.15) is 5.75 Å². The van der Waals surface area contributed by atoms with Crippen LogP contribution in [0.25, 0.3) is 0 Å². The highest BCUT2D eigenvalue weighted by molar-refractivity contribution is 9.10. The molecule has 0 heterocycles. The fourth-order valence-electron chi connectivity index (χ4n) is 1.82. The predicted octanol–water partition coefficient (Wildman–Crippen LogP) is 3.72. The summed E-state index contributed by atoms with van der Waals surface area (Å²) in [5.74, 6) is 2.43. The lowest BCUT2D eigenvalue weighted by atomic mass is 10.1. The monoisotopic (exact) mass is 359 g/mol. The van der Waals surface area contributed by atoms with Gasteiger partial charge in [-0.15, -0.1) is 0 Å². The minimum Gasteiger partial charge on any atom is -0.496 e. The van der Waals surface area contributed by atoms with Crippen molar-refractivity contribution in [2.75, 3.05) is 38.2 Å². The Labute approximate surface area is 134 Å². The fourth-order valence-corrected chi connectivity index (χ4v) is 3.25. The third kappa shape index (κ3) is 5.46. The lowest BCUT2D eigenvalue weighted by Gasteiger charge is -2.17. The van der Waals surface area contributed by atoms with Gasteiger partial charge in [0.05, 0.1) is 17.3 Å². The van der Waals surface area contributed by atoms with Crippen molar-refractivity contribution >= 4 is 33.5 Å². The molecule has 0 saturated carbocycles. The Morgan fingerprint density at radius 1 is 1.35 bits per heavy atom. The Bertz CT molecular complexity index is 436. The third-order valence-corrected chi connectivity index (χ3v) is 4.71. The molecule has 0 aliphatic heterocycles. The van der Waals surface area contributed by atoms with Gasteiger partial charge in [-0.2, -0.15) is 11.8 Å². The number of carbonyl (C=O) groups excluding carboxylic acids is 1. The van der Waals surface area contributed by atoms with Gasteiger partial charge in [0.2, 0.25) is 0 Å². The van der Waals surface area contributed by atoms with Crippen LogP contribution >= 0.6 is 27.7 Å². The zero-order valence-electron chi connectivity index (χ0n) is 12.3. The Balaban J connectivity index is 2.41. The van der Waals surface area contributed by atoms with Crippen molar-refractivity contribution in [3.05, 3.63) is 28.2 Å². The number of methoxy groups -OCH3 is 1. The third-order valence-electron chi connectivity index (χ3n) is 3.15. The second-order valence-corrected chi connectivity index (χ2v) is 6.31. The van der Waals surface area contributed by atoms with Crippen molar-refractivity contribution in [3.8, 4) is 5.75 Å². The molecule has 20 heavy (non-hydrogen) atoms. The van der Waals surface area contributed by atoms with Crippen molar-refractivity contribution in [2.45, 2.75) is 13.8 Å². The van der Waals surface area contributed by atoms with E-state index in [0.717, 1.165) is 41.2 Å². The van der Waals surface area contributed by atoms with Crippen LogP contribution < -0.4 is 4.74 Å². The summed E-state index contributed by atoms with van der Waals surface area (Å²) >= 11 is 5.10. The van der Waals surface area contributed by atoms with E-state index in [0.29, 0.717) is 5.75 Å². The first-order valence-corrected chi connectivity index (χ1v) is 8.74. The average molecular weight is 360 g/mol. The maximum absolute atomic E-state index is 12.1. The smallest absolute Gasteiger partial charge is 0.172 e. The van der Waals surface area contributed by atoms with E-state index in [-0.39, 0.29) is 5.78 Å². The van der Waals surface area contributed by atoms with Gasteiger partial charge in [0, 0.05) is 17.9 Å². The SMILES string of the molecule is CCN(CC)CCSCC(=O)c1ccc(OC)c(Br)c1. The molecular formula is C15H22BrNO2S. The summed E-state index contributed by atoms with van der Waals surface area (Å²) in [4.78, 5) is 14.4. The topological polar surface area (TPSA) is 29.5 Å². The Hall–Kier alpha value is -0.520. The van der Waals surface area contributed by atoms with Gasteiger partial charge in [0.25, 0.3) is 0 Å². The van der Waals surface area contributed by atoms with E-state index < -0.39 is 0 Å². The van der Waals surface area contributed by atoms with Crippen LogP contribution in [0.3, 0.4) is 0 Å². The molecule has 0 N–H and O–H groups in total. The molecule has 0 bridgehead atoms. The summed E-state index contributed by atoms with van der Waals surface area (Å²) in [5, 5.41) is 0. The highest BCUT2D eigenvalue weighted by Crippen LogP contribution is 2.26. The van der Waals surface area contributed by atoms with Crippen molar-refractivity contribution in [2.24, 2.45) is 0 Å². The number of hydrogen-bond acceptors (Lipinski definition) is 4. The largest absolute Gasteiger partial charge is 0.496 e. The molecule has 0 aliphatic carbocycles. The van der Waals surface area contributed by atoms with E-state index in [9.17, 15) is 4.79 Å². The van der Waals surface area contributed by atoms with E-state index in [1.165, 1.54) is 0 Å². The zero-order valence-corrected chi connectivity index (χ0v) is 14.7. The summed E-state index contributed by atoms with van der Waals surface area (Å²) < 4.78 is 5.98. The van der Waals surface area contributed by atoms with Crippen molar-refractivity contribution in [3.63, 3.8) is 0 Å². The van der Waals surface area contributed by atoms with Gasteiger partial charge >= 0.3 is 0 Å². The number of ether oxygens (including phenoxy) is 1. The summed E-state index contributed by atoms with van der Waals surface area (Å²) in [6.45, 7) is 7.49. The maximum Gasteiger partial charge on any atom is 0.172 e. The molecule has 0 fully saturated rings. The second-order valence-electron chi connectivity index (χ2n) is 4.35. The quantitative estimate of drug-likeness (QED) is 0.496. The van der Waals surface area contributed by atoms with Gasteiger partial charge in [0.15, 0.2) is 5.78 Å². The van der Waals surface area contributed by atoms with E-state index in [1.54, 1.807) is 18.9 Å². The molecule has 3 nitrogen and oxygen atoms in total. The van der Waals surface area contributed by atoms with E-state index in [2.05, 4.69) is 34.7 Å². The molecule has 0 amide bonds. The minimum absolute atomic E-state index is 0.165. The Kier molecular flexibility index (Phi) is 8.26. The number of benzene rings is 1. The minimum atomic E-state index is 0.165. The van der Waals surface area contributed by atoms with Gasteiger partial charge in [-0.1, -0.05) is 13.8 Å². The van der Waals surface area contributed by atoms with Crippen LogP contribution in [0.15, 0.2) is 22.7 Å². The van der Waals surface area contributed by atoms with Crippen molar-refractivity contribution in [1.82, 2.24) is 4.90 Å².